The lowest BCUT2D eigenvalue weighted by atomic mass is 9.67. The Morgan fingerprint density at radius 2 is 1.56 bits per heavy atom. The van der Waals surface area contributed by atoms with Crippen molar-refractivity contribution in [3.8, 4) is 6.07 Å². The summed E-state index contributed by atoms with van der Waals surface area (Å²) in [7, 11) is 0. The van der Waals surface area contributed by atoms with Crippen LogP contribution in [0.15, 0.2) is 24.3 Å². The Balaban J connectivity index is 1.83. The second-order valence-electron chi connectivity index (χ2n) is 8.18. The summed E-state index contributed by atoms with van der Waals surface area (Å²) in [6, 6.07) is 12.1. The standard InChI is InChI=1S/C24H37N/c1-3-5-7-9-17-24(20-25)18-15-23(16-19-24)22-13-11-21(12-14-22)10-8-6-4-2/h11-14,23H,3-10,15-19H2,1-2H3/t23-,24-. The molecular formula is C24H37N. The van der Waals surface area contributed by atoms with Crippen LogP contribution in [-0.4, -0.2) is 0 Å². The third kappa shape index (κ3) is 6.18. The quantitative estimate of drug-likeness (QED) is 0.403. The maximum Gasteiger partial charge on any atom is 0.0689 e. The van der Waals surface area contributed by atoms with E-state index in [1.807, 2.05) is 0 Å². The fourth-order valence-corrected chi connectivity index (χ4v) is 4.35. The van der Waals surface area contributed by atoms with Gasteiger partial charge in [0.25, 0.3) is 0 Å². The van der Waals surface area contributed by atoms with Crippen molar-refractivity contribution in [2.45, 2.75) is 103 Å². The fourth-order valence-electron chi connectivity index (χ4n) is 4.35. The molecule has 0 radical (unpaired) electrons. The van der Waals surface area contributed by atoms with Crippen LogP contribution in [0.3, 0.4) is 0 Å². The lowest BCUT2D eigenvalue weighted by Crippen LogP contribution is -2.25. The van der Waals surface area contributed by atoms with Gasteiger partial charge in [-0.15, -0.1) is 0 Å². The highest BCUT2D eigenvalue weighted by Gasteiger charge is 2.35. The van der Waals surface area contributed by atoms with Crippen molar-refractivity contribution >= 4 is 0 Å². The Hall–Kier alpha value is -1.29. The first-order valence-electron chi connectivity index (χ1n) is 10.7. The van der Waals surface area contributed by atoms with Crippen LogP contribution in [0.5, 0.6) is 0 Å². The predicted molar refractivity (Wildman–Crippen MR) is 108 cm³/mol. The van der Waals surface area contributed by atoms with Crippen LogP contribution >= 0.6 is 0 Å². The van der Waals surface area contributed by atoms with Gasteiger partial charge in [-0.1, -0.05) is 76.6 Å². The van der Waals surface area contributed by atoms with E-state index in [0.717, 1.165) is 19.3 Å². The minimum atomic E-state index is -0.0235. The molecule has 1 aromatic rings. The maximum absolute atomic E-state index is 9.74. The zero-order chi connectivity index (χ0) is 18.0. The van der Waals surface area contributed by atoms with Gasteiger partial charge in [0.1, 0.15) is 0 Å². The highest BCUT2D eigenvalue weighted by molar-refractivity contribution is 5.26. The molecule has 2 rings (SSSR count). The second kappa shape index (κ2) is 10.6. The second-order valence-corrected chi connectivity index (χ2v) is 8.18. The van der Waals surface area contributed by atoms with Crippen molar-refractivity contribution in [1.82, 2.24) is 0 Å². The Bertz CT molecular complexity index is 514. The highest BCUT2D eigenvalue weighted by atomic mass is 14.4. The third-order valence-corrected chi connectivity index (χ3v) is 6.21. The van der Waals surface area contributed by atoms with Gasteiger partial charge in [-0.25, -0.2) is 0 Å². The van der Waals surface area contributed by atoms with Gasteiger partial charge in [0, 0.05) is 0 Å². The molecule has 0 saturated heterocycles. The summed E-state index contributed by atoms with van der Waals surface area (Å²) in [6.45, 7) is 4.51. The Kier molecular flexibility index (Phi) is 8.53. The van der Waals surface area contributed by atoms with E-state index in [2.05, 4.69) is 44.2 Å². The summed E-state index contributed by atoms with van der Waals surface area (Å²) < 4.78 is 0. The van der Waals surface area contributed by atoms with Crippen molar-refractivity contribution in [2.75, 3.05) is 0 Å². The molecule has 0 spiro atoms. The van der Waals surface area contributed by atoms with Gasteiger partial charge in [0.15, 0.2) is 0 Å². The van der Waals surface area contributed by atoms with Crippen LogP contribution in [0, 0.1) is 16.7 Å². The molecule has 25 heavy (non-hydrogen) atoms. The number of nitriles is 1. The van der Waals surface area contributed by atoms with Crippen molar-refractivity contribution in [3.63, 3.8) is 0 Å². The molecule has 0 N–H and O–H groups in total. The number of nitrogens with zero attached hydrogens (tertiary/aromatic N) is 1. The highest BCUT2D eigenvalue weighted by Crippen LogP contribution is 2.45. The molecular weight excluding hydrogens is 302 g/mol. The van der Waals surface area contributed by atoms with Gasteiger partial charge < -0.3 is 0 Å². The molecule has 0 bridgehead atoms. The summed E-state index contributed by atoms with van der Waals surface area (Å²) in [4.78, 5) is 0. The number of benzene rings is 1. The van der Waals surface area contributed by atoms with Crippen LogP contribution in [-0.2, 0) is 6.42 Å². The number of hydrogen-bond donors (Lipinski definition) is 0. The first-order chi connectivity index (χ1) is 12.2. The van der Waals surface area contributed by atoms with E-state index >= 15 is 0 Å². The average molecular weight is 340 g/mol. The van der Waals surface area contributed by atoms with E-state index in [9.17, 15) is 5.26 Å². The lowest BCUT2D eigenvalue weighted by molar-refractivity contribution is 0.223. The number of unbranched alkanes of at least 4 members (excludes halogenated alkanes) is 5. The van der Waals surface area contributed by atoms with E-state index in [4.69, 9.17) is 0 Å². The van der Waals surface area contributed by atoms with Gasteiger partial charge in [-0.05, 0) is 62.0 Å². The fraction of sp³-hybridized carbons (Fsp3) is 0.708. The van der Waals surface area contributed by atoms with Crippen molar-refractivity contribution in [1.29, 1.82) is 5.26 Å². The predicted octanol–water partition coefficient (Wildman–Crippen LogP) is 7.56. The molecule has 1 fully saturated rings. The smallest absolute Gasteiger partial charge is 0.0689 e. The van der Waals surface area contributed by atoms with Crippen molar-refractivity contribution < 1.29 is 0 Å². The molecule has 1 saturated carbocycles. The largest absolute Gasteiger partial charge is 0.198 e. The number of hydrogen-bond acceptors (Lipinski definition) is 1. The molecule has 1 aromatic carbocycles. The van der Waals surface area contributed by atoms with Gasteiger partial charge >= 0.3 is 0 Å². The molecule has 0 heterocycles. The summed E-state index contributed by atoms with van der Waals surface area (Å²) in [6.07, 6.45) is 16.0. The molecule has 0 unspecified atom stereocenters. The summed E-state index contributed by atoms with van der Waals surface area (Å²) in [5.41, 5.74) is 2.96. The first kappa shape index (κ1) is 20.0. The third-order valence-electron chi connectivity index (χ3n) is 6.21. The van der Waals surface area contributed by atoms with E-state index in [0.29, 0.717) is 5.92 Å². The Morgan fingerprint density at radius 1 is 0.920 bits per heavy atom. The van der Waals surface area contributed by atoms with Gasteiger partial charge in [0.05, 0.1) is 11.5 Å². The minimum absolute atomic E-state index is 0.0235. The zero-order valence-corrected chi connectivity index (χ0v) is 16.5. The first-order valence-corrected chi connectivity index (χ1v) is 10.7. The topological polar surface area (TPSA) is 23.8 Å². The van der Waals surface area contributed by atoms with Crippen LogP contribution in [0.1, 0.15) is 108 Å². The zero-order valence-electron chi connectivity index (χ0n) is 16.5. The van der Waals surface area contributed by atoms with Gasteiger partial charge in [-0.3, -0.25) is 0 Å². The summed E-state index contributed by atoms with van der Waals surface area (Å²) in [5, 5.41) is 9.74. The van der Waals surface area contributed by atoms with Gasteiger partial charge in [0.2, 0.25) is 0 Å². The molecule has 1 aliphatic rings. The monoisotopic (exact) mass is 339 g/mol. The Labute approximate surface area is 155 Å². The van der Waals surface area contributed by atoms with Crippen LogP contribution in [0.4, 0.5) is 0 Å². The summed E-state index contributed by atoms with van der Waals surface area (Å²) >= 11 is 0. The number of aryl methyl sites for hydroxylation is 1. The van der Waals surface area contributed by atoms with E-state index < -0.39 is 0 Å². The normalized spacial score (nSPS) is 23.3. The molecule has 138 valence electrons. The SMILES string of the molecule is CCCCCC[C@]1(C#N)CC[C@H](c2ccc(CCCCC)cc2)CC1. The average Bonchev–Trinajstić information content (AvgIpc) is 2.67. The van der Waals surface area contributed by atoms with Crippen LogP contribution in [0.25, 0.3) is 0 Å². The Morgan fingerprint density at radius 3 is 2.16 bits per heavy atom. The van der Waals surface area contributed by atoms with Crippen molar-refractivity contribution in [3.05, 3.63) is 35.4 Å². The molecule has 0 aromatic heterocycles. The lowest BCUT2D eigenvalue weighted by Gasteiger charge is -2.35. The molecule has 1 nitrogen and oxygen atoms in total. The van der Waals surface area contributed by atoms with Gasteiger partial charge in [-0.2, -0.15) is 5.26 Å². The molecule has 0 aliphatic heterocycles. The van der Waals surface area contributed by atoms with E-state index in [1.165, 1.54) is 75.3 Å². The van der Waals surface area contributed by atoms with E-state index in [1.54, 1.807) is 0 Å². The molecule has 0 atom stereocenters. The van der Waals surface area contributed by atoms with Crippen molar-refractivity contribution in [2.24, 2.45) is 5.41 Å². The summed E-state index contributed by atoms with van der Waals surface area (Å²) in [5.74, 6) is 0.668. The minimum Gasteiger partial charge on any atom is -0.198 e. The number of rotatable bonds is 10. The molecule has 1 heteroatoms. The molecule has 1 aliphatic carbocycles. The maximum atomic E-state index is 9.74. The van der Waals surface area contributed by atoms with E-state index in [-0.39, 0.29) is 5.41 Å². The molecule has 0 amide bonds. The van der Waals surface area contributed by atoms with Crippen LogP contribution < -0.4 is 0 Å². The van der Waals surface area contributed by atoms with Crippen LogP contribution in [0.2, 0.25) is 0 Å².